The first kappa shape index (κ1) is 11.8. The Labute approximate surface area is 88.9 Å². The third-order valence-electron chi connectivity index (χ3n) is 2.17. The molecule has 0 aromatic rings. The fourth-order valence-corrected chi connectivity index (χ4v) is 1.33. The van der Waals surface area contributed by atoms with Crippen molar-refractivity contribution >= 4 is 12.0 Å². The minimum absolute atomic E-state index is 0.191. The normalized spacial score (nSPS) is 19.8. The Hall–Kier alpha value is -1.30. The van der Waals surface area contributed by atoms with Crippen molar-refractivity contribution in [3.8, 4) is 0 Å². The van der Waals surface area contributed by atoms with Gasteiger partial charge in [-0.05, 0) is 0 Å². The predicted octanol–water partition coefficient (Wildman–Crippen LogP) is -0.836. The molecule has 2 amide bonds. The molecule has 6 nitrogen and oxygen atoms in total. The highest BCUT2D eigenvalue weighted by atomic mass is 16.6. The smallest absolute Gasteiger partial charge is 0.407 e. The van der Waals surface area contributed by atoms with E-state index in [1.54, 1.807) is 6.92 Å². The second-order valence-electron chi connectivity index (χ2n) is 3.32. The van der Waals surface area contributed by atoms with Gasteiger partial charge in [0.1, 0.15) is 6.61 Å². The minimum atomic E-state index is -0.296. The monoisotopic (exact) mass is 215 g/mol. The molecule has 0 saturated carbocycles. The number of alkyl carbamates (subject to hydrolysis) is 1. The Morgan fingerprint density at radius 3 is 2.27 bits per heavy atom. The van der Waals surface area contributed by atoms with Crippen molar-refractivity contribution < 1.29 is 14.3 Å². The first-order valence-electron chi connectivity index (χ1n) is 5.07. The molecule has 2 saturated heterocycles. The van der Waals surface area contributed by atoms with Gasteiger partial charge >= 0.3 is 6.09 Å². The van der Waals surface area contributed by atoms with Gasteiger partial charge in [0.05, 0.1) is 6.54 Å². The number of carbonyl (C=O) groups is 2. The van der Waals surface area contributed by atoms with E-state index >= 15 is 0 Å². The average molecular weight is 215 g/mol. The molecule has 2 heterocycles. The van der Waals surface area contributed by atoms with Crippen LogP contribution in [0, 0.1) is 0 Å². The number of carbonyl (C=O) groups excluding carboxylic acids is 2. The summed E-state index contributed by atoms with van der Waals surface area (Å²) in [5.41, 5.74) is 0. The molecule has 2 aliphatic heterocycles. The van der Waals surface area contributed by atoms with Crippen molar-refractivity contribution in [3.05, 3.63) is 0 Å². The molecule has 0 spiro atoms. The Morgan fingerprint density at radius 2 is 2.00 bits per heavy atom. The lowest BCUT2D eigenvalue weighted by atomic mass is 10.4. The lowest BCUT2D eigenvalue weighted by molar-refractivity contribution is -0.129. The zero-order valence-electron chi connectivity index (χ0n) is 8.91. The number of ether oxygens (including phenoxy) is 1. The highest BCUT2D eigenvalue weighted by molar-refractivity contribution is 5.73. The topological polar surface area (TPSA) is 70.7 Å². The van der Waals surface area contributed by atoms with Gasteiger partial charge in [-0.1, -0.05) is 0 Å². The summed E-state index contributed by atoms with van der Waals surface area (Å²) in [5, 5.41) is 5.63. The number of hydrogen-bond donors (Lipinski definition) is 2. The van der Waals surface area contributed by atoms with Crippen LogP contribution in [-0.4, -0.2) is 56.2 Å². The Bertz CT molecular complexity index is 219. The lowest BCUT2D eigenvalue weighted by Gasteiger charge is -2.25. The van der Waals surface area contributed by atoms with Crippen LogP contribution in [0.1, 0.15) is 6.92 Å². The van der Waals surface area contributed by atoms with E-state index in [4.69, 9.17) is 0 Å². The van der Waals surface area contributed by atoms with E-state index in [0.29, 0.717) is 13.2 Å². The van der Waals surface area contributed by atoms with E-state index in [-0.39, 0.29) is 12.0 Å². The fraction of sp³-hybridized carbons (Fsp3) is 0.778. The van der Waals surface area contributed by atoms with Crippen molar-refractivity contribution in [2.24, 2.45) is 0 Å². The molecule has 0 aromatic carbocycles. The van der Waals surface area contributed by atoms with Crippen LogP contribution in [0.15, 0.2) is 0 Å². The van der Waals surface area contributed by atoms with Crippen LogP contribution < -0.4 is 10.6 Å². The molecule has 6 heteroatoms. The molecule has 2 N–H and O–H groups in total. The summed E-state index contributed by atoms with van der Waals surface area (Å²) >= 11 is 0. The number of piperazine rings is 1. The number of cyclic esters (lactones) is 1. The maximum atomic E-state index is 10.7. The minimum Gasteiger partial charge on any atom is -0.448 e. The van der Waals surface area contributed by atoms with E-state index in [0.717, 1.165) is 26.2 Å². The molecule has 0 atom stereocenters. The van der Waals surface area contributed by atoms with E-state index in [1.165, 1.54) is 0 Å². The number of hydrogen-bond acceptors (Lipinski definition) is 4. The van der Waals surface area contributed by atoms with Crippen LogP contribution in [0.3, 0.4) is 0 Å². The van der Waals surface area contributed by atoms with E-state index < -0.39 is 0 Å². The molecule has 15 heavy (non-hydrogen) atoms. The highest BCUT2D eigenvalue weighted by Gasteiger charge is 2.10. The van der Waals surface area contributed by atoms with Crippen LogP contribution in [0.5, 0.6) is 0 Å². The van der Waals surface area contributed by atoms with Crippen molar-refractivity contribution in [1.82, 2.24) is 15.5 Å². The van der Waals surface area contributed by atoms with Crippen molar-refractivity contribution in [2.75, 3.05) is 39.3 Å². The molecule has 86 valence electrons. The first-order valence-corrected chi connectivity index (χ1v) is 5.07. The molecular formula is C9H17N3O3. The maximum Gasteiger partial charge on any atom is 0.407 e. The second kappa shape index (κ2) is 6.23. The van der Waals surface area contributed by atoms with E-state index in [9.17, 15) is 9.59 Å². The van der Waals surface area contributed by atoms with E-state index in [2.05, 4.69) is 15.4 Å². The highest BCUT2D eigenvalue weighted by Crippen LogP contribution is 1.90. The van der Waals surface area contributed by atoms with Gasteiger partial charge in [0, 0.05) is 33.1 Å². The zero-order valence-corrected chi connectivity index (χ0v) is 8.91. The van der Waals surface area contributed by atoms with Gasteiger partial charge in [0.2, 0.25) is 5.91 Å². The molecule has 2 fully saturated rings. The summed E-state index contributed by atoms with van der Waals surface area (Å²) in [6.07, 6.45) is -0.296. The summed E-state index contributed by atoms with van der Waals surface area (Å²) in [6, 6.07) is 0. The van der Waals surface area contributed by atoms with Gasteiger partial charge < -0.3 is 20.3 Å². The SMILES string of the molecule is CC(=O)N1CCNCC1.O=C1NCCO1. The van der Waals surface area contributed by atoms with Crippen LogP contribution in [0.2, 0.25) is 0 Å². The third kappa shape index (κ3) is 4.64. The van der Waals surface area contributed by atoms with Crippen molar-refractivity contribution in [1.29, 1.82) is 0 Å². The molecule has 2 rings (SSSR count). The summed E-state index contributed by atoms with van der Waals surface area (Å²) < 4.78 is 4.40. The van der Waals surface area contributed by atoms with Crippen molar-refractivity contribution in [3.63, 3.8) is 0 Å². The first-order chi connectivity index (χ1) is 7.20. The van der Waals surface area contributed by atoms with Gasteiger partial charge in [0.15, 0.2) is 0 Å². The van der Waals surface area contributed by atoms with Crippen LogP contribution in [0.25, 0.3) is 0 Å². The molecule has 0 aliphatic carbocycles. The summed E-state index contributed by atoms with van der Waals surface area (Å²) in [6.45, 7) is 6.44. The third-order valence-corrected chi connectivity index (χ3v) is 2.17. The summed E-state index contributed by atoms with van der Waals surface area (Å²) in [5.74, 6) is 0.191. The molecule has 0 unspecified atom stereocenters. The van der Waals surface area contributed by atoms with Crippen LogP contribution in [-0.2, 0) is 9.53 Å². The summed E-state index contributed by atoms with van der Waals surface area (Å²) in [7, 11) is 0. The van der Waals surface area contributed by atoms with E-state index in [1.807, 2.05) is 4.90 Å². The molecule has 0 aromatic heterocycles. The van der Waals surface area contributed by atoms with Gasteiger partial charge in [-0.2, -0.15) is 0 Å². The number of rotatable bonds is 0. The van der Waals surface area contributed by atoms with Crippen LogP contribution >= 0.6 is 0 Å². The van der Waals surface area contributed by atoms with Gasteiger partial charge in [-0.3, -0.25) is 4.79 Å². The van der Waals surface area contributed by atoms with Gasteiger partial charge in [0.25, 0.3) is 0 Å². The van der Waals surface area contributed by atoms with Gasteiger partial charge in [-0.25, -0.2) is 4.79 Å². The number of nitrogens with one attached hydrogen (secondary N) is 2. The number of amides is 2. The predicted molar refractivity (Wildman–Crippen MR) is 54.5 cm³/mol. The Balaban J connectivity index is 0.000000162. The molecular weight excluding hydrogens is 198 g/mol. The number of nitrogens with zero attached hydrogens (tertiary/aromatic N) is 1. The Morgan fingerprint density at radius 1 is 1.33 bits per heavy atom. The largest absolute Gasteiger partial charge is 0.448 e. The Kier molecular flexibility index (Phi) is 4.89. The molecule has 2 aliphatic rings. The standard InChI is InChI=1S/C6H12N2O.C3H5NO2/c1-6(9)8-4-2-7-3-5-8;5-3-4-1-2-6-3/h7H,2-5H2,1H3;1-2H2,(H,4,5). The molecule has 0 radical (unpaired) electrons. The summed E-state index contributed by atoms with van der Waals surface area (Å²) in [4.78, 5) is 22.5. The second-order valence-corrected chi connectivity index (χ2v) is 3.32. The van der Waals surface area contributed by atoms with Gasteiger partial charge in [-0.15, -0.1) is 0 Å². The quantitative estimate of drug-likeness (QED) is 0.553. The maximum absolute atomic E-state index is 10.7. The van der Waals surface area contributed by atoms with Crippen LogP contribution in [0.4, 0.5) is 4.79 Å². The lowest BCUT2D eigenvalue weighted by Crippen LogP contribution is -2.45. The zero-order chi connectivity index (χ0) is 11.1. The van der Waals surface area contributed by atoms with Crippen molar-refractivity contribution in [2.45, 2.75) is 6.92 Å². The fourth-order valence-electron chi connectivity index (χ4n) is 1.33. The molecule has 0 bridgehead atoms. The average Bonchev–Trinajstić information content (AvgIpc) is 2.71.